The van der Waals surface area contributed by atoms with E-state index in [1.807, 2.05) is 32.0 Å². The summed E-state index contributed by atoms with van der Waals surface area (Å²) < 4.78 is 0. The van der Waals surface area contributed by atoms with Gasteiger partial charge in [0.2, 0.25) is 0 Å². The molecule has 2 rings (SSSR count). The van der Waals surface area contributed by atoms with E-state index in [1.165, 1.54) is 0 Å². The van der Waals surface area contributed by atoms with Gasteiger partial charge >= 0.3 is 0 Å². The maximum absolute atomic E-state index is 11.8. The van der Waals surface area contributed by atoms with Gasteiger partial charge in [-0.25, -0.2) is 0 Å². The van der Waals surface area contributed by atoms with Crippen molar-refractivity contribution in [3.8, 4) is 0 Å². The van der Waals surface area contributed by atoms with Crippen LogP contribution >= 0.6 is 0 Å². The Hall–Kier alpha value is -2.23. The molecule has 0 aliphatic rings. The van der Waals surface area contributed by atoms with E-state index in [2.05, 4.69) is 15.3 Å². The smallest absolute Gasteiger partial charge is 0.253 e. The molecular weight excluding hydrogens is 226 g/mol. The number of hydrogen-bond donors (Lipinski definition) is 1. The summed E-state index contributed by atoms with van der Waals surface area (Å²) in [4.78, 5) is 20.1. The zero-order valence-corrected chi connectivity index (χ0v) is 10.5. The molecular formula is C14H15N3O. The molecule has 2 aromatic heterocycles. The van der Waals surface area contributed by atoms with Gasteiger partial charge < -0.3 is 5.32 Å². The Morgan fingerprint density at radius 1 is 1.06 bits per heavy atom. The van der Waals surface area contributed by atoms with Gasteiger partial charge in [-0.05, 0) is 37.6 Å². The summed E-state index contributed by atoms with van der Waals surface area (Å²) in [6.45, 7) is 4.29. The van der Waals surface area contributed by atoms with Crippen LogP contribution in [0.2, 0.25) is 0 Å². The number of carbonyl (C=O) groups is 1. The standard InChI is InChI=1S/C14H15N3O/c1-10-3-5-12(7-15-10)8-17-14(18)13-6-4-11(2)16-9-13/h3-7,9H,8H2,1-2H3,(H,17,18). The fourth-order valence-electron chi connectivity index (χ4n) is 1.49. The van der Waals surface area contributed by atoms with Crippen LogP contribution in [0.4, 0.5) is 0 Å². The normalized spacial score (nSPS) is 10.1. The molecule has 1 amide bonds. The zero-order valence-electron chi connectivity index (χ0n) is 10.5. The minimum Gasteiger partial charge on any atom is -0.348 e. The Morgan fingerprint density at radius 3 is 2.28 bits per heavy atom. The lowest BCUT2D eigenvalue weighted by Gasteiger charge is -2.05. The molecule has 4 heteroatoms. The number of rotatable bonds is 3. The average Bonchev–Trinajstić information content (AvgIpc) is 2.38. The molecule has 0 saturated carbocycles. The lowest BCUT2D eigenvalue weighted by atomic mass is 10.2. The van der Waals surface area contributed by atoms with E-state index >= 15 is 0 Å². The number of nitrogens with zero attached hydrogens (tertiary/aromatic N) is 2. The van der Waals surface area contributed by atoms with Crippen LogP contribution in [-0.2, 0) is 6.54 Å². The number of amides is 1. The summed E-state index contributed by atoms with van der Waals surface area (Å²) in [5.41, 5.74) is 3.41. The van der Waals surface area contributed by atoms with Crippen molar-refractivity contribution in [3.05, 3.63) is 59.2 Å². The topological polar surface area (TPSA) is 54.9 Å². The summed E-state index contributed by atoms with van der Waals surface area (Å²) >= 11 is 0. The summed E-state index contributed by atoms with van der Waals surface area (Å²) in [7, 11) is 0. The molecule has 0 aromatic carbocycles. The van der Waals surface area contributed by atoms with E-state index in [0.29, 0.717) is 12.1 Å². The number of pyridine rings is 2. The SMILES string of the molecule is Cc1ccc(CNC(=O)c2ccc(C)nc2)cn1. The van der Waals surface area contributed by atoms with Crippen LogP contribution < -0.4 is 5.32 Å². The van der Waals surface area contributed by atoms with Crippen LogP contribution in [0.25, 0.3) is 0 Å². The molecule has 2 aromatic rings. The Labute approximate surface area is 106 Å². The molecule has 0 unspecified atom stereocenters. The molecule has 2 heterocycles. The number of nitrogens with one attached hydrogen (secondary N) is 1. The highest BCUT2D eigenvalue weighted by molar-refractivity contribution is 5.93. The molecule has 0 radical (unpaired) electrons. The third-order valence-electron chi connectivity index (χ3n) is 2.60. The van der Waals surface area contributed by atoms with Crippen molar-refractivity contribution in [2.45, 2.75) is 20.4 Å². The van der Waals surface area contributed by atoms with Gasteiger partial charge in [-0.2, -0.15) is 0 Å². The molecule has 0 bridgehead atoms. The van der Waals surface area contributed by atoms with Crippen LogP contribution in [0.5, 0.6) is 0 Å². The first-order valence-corrected chi connectivity index (χ1v) is 5.77. The Balaban J connectivity index is 1.96. The number of hydrogen-bond acceptors (Lipinski definition) is 3. The molecule has 92 valence electrons. The monoisotopic (exact) mass is 241 g/mol. The van der Waals surface area contributed by atoms with Gasteiger partial charge in [0, 0.05) is 30.3 Å². The van der Waals surface area contributed by atoms with Gasteiger partial charge in [0.25, 0.3) is 5.91 Å². The van der Waals surface area contributed by atoms with Gasteiger partial charge in [-0.3, -0.25) is 14.8 Å². The largest absolute Gasteiger partial charge is 0.348 e. The average molecular weight is 241 g/mol. The van der Waals surface area contributed by atoms with Crippen molar-refractivity contribution in [1.29, 1.82) is 0 Å². The first-order valence-electron chi connectivity index (χ1n) is 5.77. The fraction of sp³-hybridized carbons (Fsp3) is 0.214. The minimum absolute atomic E-state index is 0.122. The van der Waals surface area contributed by atoms with Crippen molar-refractivity contribution >= 4 is 5.91 Å². The molecule has 18 heavy (non-hydrogen) atoms. The molecule has 0 fully saturated rings. The Kier molecular flexibility index (Phi) is 3.67. The maximum atomic E-state index is 11.8. The lowest BCUT2D eigenvalue weighted by Crippen LogP contribution is -2.23. The predicted molar refractivity (Wildman–Crippen MR) is 69.1 cm³/mol. The quantitative estimate of drug-likeness (QED) is 0.894. The highest BCUT2D eigenvalue weighted by Gasteiger charge is 2.05. The van der Waals surface area contributed by atoms with Crippen LogP contribution in [0.15, 0.2) is 36.7 Å². The van der Waals surface area contributed by atoms with Crippen LogP contribution in [0.1, 0.15) is 27.3 Å². The van der Waals surface area contributed by atoms with E-state index in [1.54, 1.807) is 18.5 Å². The van der Waals surface area contributed by atoms with E-state index in [-0.39, 0.29) is 5.91 Å². The lowest BCUT2D eigenvalue weighted by molar-refractivity contribution is 0.0950. The van der Waals surface area contributed by atoms with E-state index in [9.17, 15) is 4.79 Å². The summed E-state index contributed by atoms with van der Waals surface area (Å²) in [6, 6.07) is 7.47. The van der Waals surface area contributed by atoms with Crippen LogP contribution in [0.3, 0.4) is 0 Å². The van der Waals surface area contributed by atoms with Crippen LogP contribution in [0, 0.1) is 13.8 Å². The molecule has 0 spiro atoms. The van der Waals surface area contributed by atoms with Crippen molar-refractivity contribution in [1.82, 2.24) is 15.3 Å². The summed E-state index contributed by atoms with van der Waals surface area (Å²) in [5.74, 6) is -0.122. The number of aryl methyl sites for hydroxylation is 2. The van der Waals surface area contributed by atoms with Crippen LogP contribution in [-0.4, -0.2) is 15.9 Å². The van der Waals surface area contributed by atoms with E-state index in [0.717, 1.165) is 17.0 Å². The highest BCUT2D eigenvalue weighted by atomic mass is 16.1. The van der Waals surface area contributed by atoms with Crippen molar-refractivity contribution in [2.24, 2.45) is 0 Å². The molecule has 0 saturated heterocycles. The highest BCUT2D eigenvalue weighted by Crippen LogP contribution is 2.02. The van der Waals surface area contributed by atoms with Gasteiger partial charge in [0.05, 0.1) is 5.56 Å². The van der Waals surface area contributed by atoms with Crippen molar-refractivity contribution in [3.63, 3.8) is 0 Å². The first kappa shape index (κ1) is 12.2. The first-order chi connectivity index (χ1) is 8.65. The third kappa shape index (κ3) is 3.13. The molecule has 0 aliphatic carbocycles. The molecule has 0 aliphatic heterocycles. The van der Waals surface area contributed by atoms with E-state index < -0.39 is 0 Å². The van der Waals surface area contributed by atoms with Gasteiger partial charge in [0.1, 0.15) is 0 Å². The zero-order chi connectivity index (χ0) is 13.0. The summed E-state index contributed by atoms with van der Waals surface area (Å²) in [6.07, 6.45) is 3.35. The third-order valence-corrected chi connectivity index (χ3v) is 2.60. The molecule has 0 atom stereocenters. The Bertz CT molecular complexity index is 532. The summed E-state index contributed by atoms with van der Waals surface area (Å²) in [5, 5.41) is 2.84. The second-order valence-corrected chi connectivity index (χ2v) is 4.18. The fourth-order valence-corrected chi connectivity index (χ4v) is 1.49. The van der Waals surface area contributed by atoms with Crippen molar-refractivity contribution in [2.75, 3.05) is 0 Å². The van der Waals surface area contributed by atoms with Gasteiger partial charge in [-0.15, -0.1) is 0 Å². The van der Waals surface area contributed by atoms with Gasteiger partial charge in [0.15, 0.2) is 0 Å². The van der Waals surface area contributed by atoms with Crippen molar-refractivity contribution < 1.29 is 4.79 Å². The second kappa shape index (κ2) is 5.40. The Morgan fingerprint density at radius 2 is 1.72 bits per heavy atom. The number of carbonyl (C=O) groups excluding carboxylic acids is 1. The second-order valence-electron chi connectivity index (χ2n) is 4.18. The minimum atomic E-state index is -0.122. The predicted octanol–water partition coefficient (Wildman–Crippen LogP) is 2.02. The van der Waals surface area contributed by atoms with E-state index in [4.69, 9.17) is 0 Å². The molecule has 1 N–H and O–H groups in total. The van der Waals surface area contributed by atoms with Gasteiger partial charge in [-0.1, -0.05) is 6.07 Å². The number of aromatic nitrogens is 2. The maximum Gasteiger partial charge on any atom is 0.253 e. The molecule has 4 nitrogen and oxygen atoms in total.